The Kier molecular flexibility index (Phi) is 11.8. The van der Waals surface area contributed by atoms with Crippen LogP contribution in [0.25, 0.3) is 0 Å². The second-order valence-electron chi connectivity index (χ2n) is 13.7. The van der Waals surface area contributed by atoms with Crippen LogP contribution < -0.4 is 16.4 Å². The first-order valence-electron chi connectivity index (χ1n) is 15.2. The van der Waals surface area contributed by atoms with Crippen molar-refractivity contribution in [1.29, 1.82) is 5.41 Å². The van der Waals surface area contributed by atoms with Crippen LogP contribution in [0.5, 0.6) is 0 Å². The van der Waals surface area contributed by atoms with Gasteiger partial charge in [0.05, 0.1) is 12.5 Å². The second-order valence-corrected chi connectivity index (χ2v) is 13.7. The van der Waals surface area contributed by atoms with Crippen molar-refractivity contribution in [3.8, 4) is 0 Å². The molecule has 1 aliphatic heterocycles. The summed E-state index contributed by atoms with van der Waals surface area (Å²) in [5.41, 5.74) is 5.34. The zero-order valence-corrected chi connectivity index (χ0v) is 30.0. The number of amides is 4. The number of anilines is 1. The third-order valence-corrected chi connectivity index (χ3v) is 7.71. The fourth-order valence-electron chi connectivity index (χ4n) is 5.32. The number of hydrogen-bond donors (Lipinski definition) is 3. The summed E-state index contributed by atoms with van der Waals surface area (Å²) in [6.07, 6.45) is -0.663. The van der Waals surface area contributed by atoms with Crippen molar-refractivity contribution in [1.82, 2.24) is 9.80 Å². The number of urea groups is 1. The van der Waals surface area contributed by atoms with Gasteiger partial charge in [0.15, 0.2) is 5.78 Å². The molecule has 49 heavy (non-hydrogen) atoms. The molecule has 5 N–H and O–H groups in total. The number of nitrogen functional groups attached to an aromatic ring is 1. The summed E-state index contributed by atoms with van der Waals surface area (Å²) in [5.74, 6) is -5.77. The van der Waals surface area contributed by atoms with Crippen LogP contribution in [-0.4, -0.2) is 81.2 Å². The molecule has 0 aliphatic carbocycles. The zero-order valence-electron chi connectivity index (χ0n) is 29.2. The first kappa shape index (κ1) is 40.4. The number of amidine groups is 1. The minimum Gasteiger partial charge on any atom is -0.460 e. The molecule has 1 heterocycles. The highest BCUT2D eigenvalue weighted by Crippen LogP contribution is 2.43. The third-order valence-electron chi connectivity index (χ3n) is 7.71. The maximum absolute atomic E-state index is 14.7. The van der Waals surface area contributed by atoms with Crippen LogP contribution in [0, 0.1) is 5.41 Å². The fraction of sp³-hybridized carbons (Fsp3) is 0.441. The number of carbonyl (C=O) groups is 6. The van der Waals surface area contributed by atoms with E-state index in [2.05, 4.69) is 0 Å². The average molecular weight is 701 g/mol. The number of carbonyl (C=O) groups excluding carboxylic acids is 6. The number of benzene rings is 2. The van der Waals surface area contributed by atoms with E-state index in [1.165, 1.54) is 83.3 Å². The molecular formula is C34H45ClN6O8. The number of imide groups is 1. The first-order valence-corrected chi connectivity index (χ1v) is 15.2. The molecule has 0 saturated carbocycles. The summed E-state index contributed by atoms with van der Waals surface area (Å²) in [6.45, 7) is 11.8. The number of nitrogens with one attached hydrogen (secondary N) is 1. The lowest BCUT2D eigenvalue weighted by Gasteiger charge is -2.45. The van der Waals surface area contributed by atoms with Crippen LogP contribution in [0.15, 0.2) is 54.6 Å². The highest BCUT2D eigenvalue weighted by molar-refractivity contribution is 6.24. The second kappa shape index (κ2) is 14.3. The summed E-state index contributed by atoms with van der Waals surface area (Å²) in [6, 6.07) is 10.5. The molecule has 266 valence electrons. The number of ether oxygens (including phenoxy) is 2. The van der Waals surface area contributed by atoms with Crippen molar-refractivity contribution in [2.75, 3.05) is 11.9 Å². The van der Waals surface area contributed by atoms with E-state index in [9.17, 15) is 28.8 Å². The molecule has 2 aromatic carbocycles. The Morgan fingerprint density at radius 2 is 1.43 bits per heavy atom. The monoisotopic (exact) mass is 700 g/mol. The molecular weight excluding hydrogens is 656 g/mol. The van der Waals surface area contributed by atoms with E-state index >= 15 is 0 Å². The number of hydrogen-bond acceptors (Lipinski definition) is 10. The van der Waals surface area contributed by atoms with E-state index in [1.54, 1.807) is 26.8 Å². The molecule has 0 bridgehead atoms. The molecule has 0 radical (unpaired) electrons. The lowest BCUT2D eigenvalue weighted by Crippen LogP contribution is -2.75. The quantitative estimate of drug-likeness (QED) is 0.108. The molecule has 1 saturated heterocycles. The standard InChI is InChI=1S/C34H44N6O8.ClH/c1-20(41)34(29(45)48-32(5,6)7,39(23-13-11-10-12-14-23)27(43)24(35)19-25(42)47-31(2,3)4)40-28(44)33(8,38(9)30(40)46)22-17-15-21(16-18-22)26(36)37;/h10-18,24H,19,35H2,1-9H3,(H3,36,37);1H/t24-,33+,34-;/m0./s1. The summed E-state index contributed by atoms with van der Waals surface area (Å²) in [7, 11) is 1.31. The van der Waals surface area contributed by atoms with E-state index < -0.39 is 70.4 Å². The Morgan fingerprint density at radius 3 is 1.88 bits per heavy atom. The molecule has 1 fully saturated rings. The van der Waals surface area contributed by atoms with E-state index in [0.717, 1.165) is 11.8 Å². The van der Waals surface area contributed by atoms with Crippen molar-refractivity contribution in [3.05, 3.63) is 65.7 Å². The minimum absolute atomic E-state index is 0. The molecule has 1 aliphatic rings. The van der Waals surface area contributed by atoms with Crippen LogP contribution in [0.4, 0.5) is 10.5 Å². The molecule has 3 atom stereocenters. The van der Waals surface area contributed by atoms with Crippen LogP contribution in [0.3, 0.4) is 0 Å². The number of nitrogens with two attached hydrogens (primary N) is 2. The van der Waals surface area contributed by atoms with Gasteiger partial charge in [-0.2, -0.15) is 0 Å². The largest absolute Gasteiger partial charge is 0.460 e. The number of likely N-dealkylation sites (N-methyl/N-ethyl adjacent to an activating group) is 1. The van der Waals surface area contributed by atoms with Crippen LogP contribution in [0.2, 0.25) is 0 Å². The molecule has 0 unspecified atom stereocenters. The summed E-state index contributed by atoms with van der Waals surface area (Å²) in [5, 5.41) is 7.72. The lowest BCUT2D eigenvalue weighted by molar-refractivity contribution is -0.174. The molecule has 4 amide bonds. The zero-order chi connectivity index (χ0) is 36.6. The molecule has 0 aromatic heterocycles. The first-order chi connectivity index (χ1) is 22.0. The van der Waals surface area contributed by atoms with Crippen LogP contribution >= 0.6 is 12.4 Å². The topological polar surface area (TPSA) is 206 Å². The number of para-hydroxylation sites is 1. The fourth-order valence-corrected chi connectivity index (χ4v) is 5.32. The molecule has 14 nitrogen and oxygen atoms in total. The maximum Gasteiger partial charge on any atom is 0.363 e. The normalized spacial score (nSPS) is 18.2. The number of nitrogens with zero attached hydrogens (tertiary/aromatic N) is 3. The number of esters is 2. The number of rotatable bonds is 10. The van der Waals surface area contributed by atoms with E-state index in [-0.39, 0.29) is 29.5 Å². The van der Waals surface area contributed by atoms with E-state index in [1.807, 2.05) is 0 Å². The van der Waals surface area contributed by atoms with Gasteiger partial charge in [0.1, 0.15) is 22.6 Å². The van der Waals surface area contributed by atoms with Gasteiger partial charge in [-0.15, -0.1) is 12.4 Å². The summed E-state index contributed by atoms with van der Waals surface area (Å²) in [4.78, 5) is 87.2. The number of halogens is 1. The van der Waals surface area contributed by atoms with Crippen molar-refractivity contribution in [3.63, 3.8) is 0 Å². The highest BCUT2D eigenvalue weighted by atomic mass is 35.5. The Labute approximate surface area is 292 Å². The Hall–Kier alpha value is -4.82. The van der Waals surface area contributed by atoms with Gasteiger partial charge < -0.3 is 25.8 Å². The molecule has 0 spiro atoms. The molecule has 3 rings (SSSR count). The van der Waals surface area contributed by atoms with Gasteiger partial charge in [-0.05, 0) is 73.1 Å². The van der Waals surface area contributed by atoms with Crippen molar-refractivity contribution in [2.24, 2.45) is 11.5 Å². The number of Topliss-reactive ketones (excluding diaryl/α,β-unsaturated/α-hetero) is 1. The Morgan fingerprint density at radius 1 is 0.918 bits per heavy atom. The predicted molar refractivity (Wildman–Crippen MR) is 184 cm³/mol. The molecule has 15 heteroatoms. The van der Waals surface area contributed by atoms with Gasteiger partial charge >= 0.3 is 18.0 Å². The lowest BCUT2D eigenvalue weighted by atomic mass is 9.88. The van der Waals surface area contributed by atoms with Gasteiger partial charge in [-0.25, -0.2) is 14.5 Å². The SMILES string of the molecule is CC(=O)[C@@](C(=O)OC(C)(C)C)(N1C(=O)N(C)[C@](C)(c2ccc(C(=N)N)cc2)C1=O)N(C(=O)[C@@H](N)CC(=O)OC(C)(C)C)c1ccccc1.Cl. The van der Waals surface area contributed by atoms with Gasteiger partial charge in [0.25, 0.3) is 11.6 Å². The van der Waals surface area contributed by atoms with Crippen LogP contribution in [-0.2, 0) is 39.0 Å². The van der Waals surface area contributed by atoms with Gasteiger partial charge in [-0.3, -0.25) is 29.5 Å². The van der Waals surface area contributed by atoms with Crippen molar-refractivity contribution >= 4 is 59.5 Å². The van der Waals surface area contributed by atoms with Gasteiger partial charge in [0.2, 0.25) is 5.91 Å². The summed E-state index contributed by atoms with van der Waals surface area (Å²) >= 11 is 0. The predicted octanol–water partition coefficient (Wildman–Crippen LogP) is 3.22. The van der Waals surface area contributed by atoms with Gasteiger partial charge in [0, 0.05) is 18.3 Å². The third kappa shape index (κ3) is 7.75. The van der Waals surface area contributed by atoms with E-state index in [0.29, 0.717) is 15.4 Å². The summed E-state index contributed by atoms with van der Waals surface area (Å²) < 4.78 is 11.1. The highest BCUT2D eigenvalue weighted by Gasteiger charge is 2.69. The number of ketones is 1. The average Bonchev–Trinajstić information content (AvgIpc) is 3.14. The minimum atomic E-state index is -3.07. The Balaban J connectivity index is 0.00000833. The maximum atomic E-state index is 14.7. The van der Waals surface area contributed by atoms with Gasteiger partial charge in [-0.1, -0.05) is 42.5 Å². The molecule has 2 aromatic rings. The Bertz CT molecular complexity index is 1640. The smallest absolute Gasteiger partial charge is 0.363 e. The van der Waals surface area contributed by atoms with Crippen LogP contribution in [0.1, 0.15) is 72.9 Å². The van der Waals surface area contributed by atoms with E-state index in [4.69, 9.17) is 26.4 Å². The van der Waals surface area contributed by atoms with Crippen molar-refractivity contribution in [2.45, 2.75) is 90.3 Å². The van der Waals surface area contributed by atoms with Crippen molar-refractivity contribution < 1.29 is 38.2 Å².